The van der Waals surface area contributed by atoms with Crippen molar-refractivity contribution in [2.45, 2.75) is 0 Å². The predicted octanol–water partition coefficient (Wildman–Crippen LogP) is 14.4. The molecule has 1 aliphatic heterocycles. The minimum atomic E-state index is -0.461. The molecule has 0 saturated heterocycles. The van der Waals surface area contributed by atoms with Crippen molar-refractivity contribution in [3.8, 4) is 56.4 Å². The van der Waals surface area contributed by atoms with E-state index in [1.807, 2.05) is 95.8 Å². The molecule has 9 aromatic carbocycles. The molecule has 0 bridgehead atoms. The topological polar surface area (TPSA) is 38.5 Å². The number of imidazole rings is 1. The van der Waals surface area contributed by atoms with Crippen molar-refractivity contribution in [1.29, 1.82) is 0 Å². The molecular formula is C60H42BN5OPt. The van der Waals surface area contributed by atoms with Crippen molar-refractivity contribution in [2.75, 3.05) is 9.62 Å². The molecule has 0 N–H and O–H groups in total. The summed E-state index contributed by atoms with van der Waals surface area (Å²) in [5, 5.41) is 0. The third-order valence-electron chi connectivity index (χ3n) is 12.4. The molecule has 68 heavy (non-hydrogen) atoms. The Morgan fingerprint density at radius 3 is 1.66 bits per heavy atom. The van der Waals surface area contributed by atoms with Gasteiger partial charge in [0.2, 0.25) is 0 Å². The minimum absolute atomic E-state index is 0.0670. The van der Waals surface area contributed by atoms with Gasteiger partial charge in [-0.1, -0.05) is 60.7 Å². The van der Waals surface area contributed by atoms with Crippen LogP contribution in [0.4, 0.5) is 22.9 Å². The van der Waals surface area contributed by atoms with Gasteiger partial charge in [-0.3, -0.25) is 0 Å². The normalized spacial score (nSPS) is 12.7. The Labute approximate surface area is 411 Å². The SMILES string of the molecule is [2H]c1c(Oc2cccc(-n3[c](=[Pt])n(-c4c(-c5ccccc5)cccc4-c4ccc(-c5ccccc5)cc4)c4ccccc43)c2)nc(N2B(c3ccccc3)N(c3ccccc3)c3ccccc32)c([2H])c1[2H]. The molecule has 0 fully saturated rings. The number of fused-ring (bicyclic) bond motifs is 2. The van der Waals surface area contributed by atoms with E-state index in [9.17, 15) is 1.37 Å². The van der Waals surface area contributed by atoms with E-state index >= 15 is 0 Å². The number of aromatic nitrogens is 3. The second-order valence-electron chi connectivity index (χ2n) is 16.5. The van der Waals surface area contributed by atoms with Gasteiger partial charge in [0, 0.05) is 5.69 Å². The van der Waals surface area contributed by atoms with Gasteiger partial charge in [0.25, 0.3) is 0 Å². The summed E-state index contributed by atoms with van der Waals surface area (Å²) in [4.78, 5) is 9.22. The van der Waals surface area contributed by atoms with Crippen LogP contribution in [-0.2, 0) is 19.4 Å². The van der Waals surface area contributed by atoms with Crippen molar-refractivity contribution in [3.05, 3.63) is 259 Å². The molecule has 0 radical (unpaired) electrons. The molecule has 0 amide bonds. The fourth-order valence-corrected chi connectivity index (χ4v) is 10.5. The first kappa shape index (κ1) is 37.9. The molecule has 2 aromatic heterocycles. The molecule has 0 spiro atoms. The predicted molar refractivity (Wildman–Crippen MR) is 275 cm³/mol. The third kappa shape index (κ3) is 7.47. The molecule has 0 aliphatic carbocycles. The van der Waals surface area contributed by atoms with Crippen molar-refractivity contribution in [2.24, 2.45) is 0 Å². The molecule has 3 heterocycles. The van der Waals surface area contributed by atoms with Crippen LogP contribution >= 0.6 is 0 Å². The number of ether oxygens (including phenoxy) is 1. The molecule has 0 atom stereocenters. The van der Waals surface area contributed by atoms with E-state index in [4.69, 9.17) is 12.5 Å². The maximum absolute atomic E-state index is 9.35. The first-order valence-corrected chi connectivity index (χ1v) is 23.6. The molecule has 0 unspecified atom stereocenters. The molecule has 326 valence electrons. The number of nitrogens with zero attached hydrogens (tertiary/aromatic N) is 5. The maximum atomic E-state index is 9.35. The van der Waals surface area contributed by atoms with Crippen LogP contribution in [0.5, 0.6) is 11.6 Å². The van der Waals surface area contributed by atoms with E-state index < -0.39 is 6.98 Å². The zero-order valence-corrected chi connectivity index (χ0v) is 38.8. The van der Waals surface area contributed by atoms with E-state index in [-0.39, 0.29) is 29.8 Å². The Hall–Kier alpha value is -8.25. The van der Waals surface area contributed by atoms with Gasteiger partial charge in [-0.2, -0.15) is 0 Å². The Balaban J connectivity index is 0.975. The van der Waals surface area contributed by atoms with Crippen molar-refractivity contribution < 1.29 is 28.2 Å². The van der Waals surface area contributed by atoms with Gasteiger partial charge in [-0.05, 0) is 18.2 Å². The average molecular weight is 1060 g/mol. The Morgan fingerprint density at radius 2 is 0.971 bits per heavy atom. The molecule has 12 rings (SSSR count). The Bertz CT molecular complexity index is 3820. The van der Waals surface area contributed by atoms with Gasteiger partial charge in [-0.15, -0.1) is 0 Å². The monoisotopic (exact) mass is 1060 g/mol. The summed E-state index contributed by atoms with van der Waals surface area (Å²) >= 11 is 2.44. The number of hydrogen-bond donors (Lipinski definition) is 0. The van der Waals surface area contributed by atoms with Crippen molar-refractivity contribution in [1.82, 2.24) is 14.1 Å². The van der Waals surface area contributed by atoms with Crippen LogP contribution in [0.25, 0.3) is 55.8 Å². The zero-order chi connectivity index (χ0) is 48.0. The second-order valence-corrected chi connectivity index (χ2v) is 17.5. The number of para-hydroxylation sites is 6. The van der Waals surface area contributed by atoms with Crippen LogP contribution < -0.4 is 19.8 Å². The van der Waals surface area contributed by atoms with Crippen LogP contribution in [0.15, 0.2) is 255 Å². The van der Waals surface area contributed by atoms with E-state index in [1.165, 1.54) is 5.56 Å². The number of rotatable bonds is 10. The Morgan fingerprint density at radius 1 is 0.456 bits per heavy atom. The van der Waals surface area contributed by atoms with Gasteiger partial charge in [-0.25, -0.2) is 0 Å². The molecule has 11 aromatic rings. The summed E-state index contributed by atoms with van der Waals surface area (Å²) in [7, 11) is 0. The molecule has 6 nitrogen and oxygen atoms in total. The van der Waals surface area contributed by atoms with Gasteiger partial charge in [0.05, 0.1) is 0 Å². The van der Waals surface area contributed by atoms with Crippen LogP contribution in [0.3, 0.4) is 0 Å². The molecular weight excluding hydrogens is 1010 g/mol. The number of anilines is 4. The van der Waals surface area contributed by atoms with Crippen molar-refractivity contribution in [3.63, 3.8) is 0 Å². The van der Waals surface area contributed by atoms with Crippen LogP contribution in [0.1, 0.15) is 4.11 Å². The van der Waals surface area contributed by atoms with Crippen LogP contribution in [0, 0.1) is 3.80 Å². The zero-order valence-electron chi connectivity index (χ0n) is 39.6. The standard InChI is InChI=1S/C60H42BN5O.Pt/c1-5-20-44(21-6-1)45-38-40-47(41-39-45)53-31-18-30-52(46-22-7-2-8-23-46)60(53)64-43-63(54-32-13-14-33-55(54)64)50-28-17-29-51(42-50)67-59-37-19-36-58(62-59)66-57-35-16-15-34-56(57)65(49-26-11-4-12-27-49)61(66)48-24-9-3-10-25-48;/h1-42H;/i19D,36D,37D;. The first-order chi connectivity index (χ1) is 34.9. The van der Waals surface area contributed by atoms with E-state index in [2.05, 4.69) is 179 Å². The van der Waals surface area contributed by atoms with Crippen molar-refractivity contribution >= 4 is 46.4 Å². The third-order valence-corrected chi connectivity index (χ3v) is 13.5. The molecule has 8 heteroatoms. The summed E-state index contributed by atoms with van der Waals surface area (Å²) in [6.45, 7) is -0.461. The molecule has 0 saturated carbocycles. The van der Waals surface area contributed by atoms with Gasteiger partial charge in [0.15, 0.2) is 0 Å². The van der Waals surface area contributed by atoms with Gasteiger partial charge >= 0.3 is 329 Å². The van der Waals surface area contributed by atoms with E-state index in [1.54, 1.807) is 0 Å². The van der Waals surface area contributed by atoms with Gasteiger partial charge in [0.1, 0.15) is 0 Å². The fourth-order valence-electron chi connectivity index (χ4n) is 9.44. The molecule has 1 aliphatic rings. The quantitative estimate of drug-likeness (QED) is 0.128. The van der Waals surface area contributed by atoms with Crippen LogP contribution in [-0.4, -0.2) is 21.1 Å². The average Bonchev–Trinajstić information content (AvgIpc) is 3.93. The van der Waals surface area contributed by atoms with E-state index in [0.717, 1.165) is 76.6 Å². The first-order valence-electron chi connectivity index (χ1n) is 24.0. The Kier molecular flexibility index (Phi) is 9.96. The number of hydrogen-bond acceptors (Lipinski definition) is 4. The summed E-state index contributed by atoms with van der Waals surface area (Å²) in [5.74, 6) is 0.581. The van der Waals surface area contributed by atoms with Gasteiger partial charge < -0.3 is 0 Å². The number of benzene rings is 9. The summed E-state index contributed by atoms with van der Waals surface area (Å²) in [6.07, 6.45) is 0. The summed E-state index contributed by atoms with van der Waals surface area (Å²) < 4.78 is 39.8. The summed E-state index contributed by atoms with van der Waals surface area (Å²) in [6, 6.07) is 80.1. The fraction of sp³-hybridized carbons (Fsp3) is 0. The summed E-state index contributed by atoms with van der Waals surface area (Å²) in [5.41, 5.74) is 14.3. The van der Waals surface area contributed by atoms with E-state index in [0.29, 0.717) is 5.75 Å². The second kappa shape index (κ2) is 17.9. The van der Waals surface area contributed by atoms with Crippen LogP contribution in [0.2, 0.25) is 0 Å². The number of pyridine rings is 1.